The molecule has 3 aromatic heterocycles. The van der Waals surface area contributed by atoms with E-state index in [-0.39, 0.29) is 22.8 Å². The van der Waals surface area contributed by atoms with Crippen molar-refractivity contribution in [1.29, 1.82) is 0 Å². The number of hydrogen-bond donors (Lipinski definition) is 2. The van der Waals surface area contributed by atoms with Crippen LogP contribution in [0.25, 0.3) is 16.7 Å². The lowest BCUT2D eigenvalue weighted by Gasteiger charge is -2.14. The molecule has 9 nitrogen and oxygen atoms in total. The van der Waals surface area contributed by atoms with Crippen LogP contribution in [-0.2, 0) is 12.3 Å². The number of anilines is 1. The maximum atomic E-state index is 13.0. The van der Waals surface area contributed by atoms with E-state index in [1.807, 2.05) is 18.2 Å². The number of hydrogen-bond acceptors (Lipinski definition) is 7. The van der Waals surface area contributed by atoms with E-state index in [1.165, 1.54) is 22.3 Å². The Morgan fingerprint density at radius 3 is 2.76 bits per heavy atom. The Hall–Kier alpha value is -3.14. The van der Waals surface area contributed by atoms with E-state index in [0.29, 0.717) is 40.0 Å². The molecule has 0 saturated carbocycles. The molecule has 0 radical (unpaired) electrons. The standard InChI is InChI=1S/C19H21N7O2S/c1-11(2)7-8-25-16(28)13-5-3-4-6-14(13)22-19(25)29-10-12-9-15(27)26-18(21-12)23-17(20)24-26/h3-6,9,11H,7-8,10H2,1-2H3,(H3,20,21,23,24). The van der Waals surface area contributed by atoms with Gasteiger partial charge in [-0.2, -0.15) is 9.50 Å². The van der Waals surface area contributed by atoms with Crippen LogP contribution < -0.4 is 16.9 Å². The number of nitrogens with zero attached hydrogens (tertiary/aromatic N) is 5. The number of benzene rings is 1. The van der Waals surface area contributed by atoms with Gasteiger partial charge in [0.25, 0.3) is 16.9 Å². The number of nitrogen functional groups attached to an aromatic ring is 1. The molecule has 0 unspecified atom stereocenters. The number of aromatic amines is 1. The van der Waals surface area contributed by atoms with Crippen LogP contribution in [0.5, 0.6) is 0 Å². The highest BCUT2D eigenvalue weighted by Crippen LogP contribution is 2.22. The van der Waals surface area contributed by atoms with Crippen molar-refractivity contribution in [2.75, 3.05) is 5.73 Å². The molecule has 0 bridgehead atoms. The van der Waals surface area contributed by atoms with Gasteiger partial charge in [-0.3, -0.25) is 19.3 Å². The first-order valence-electron chi connectivity index (χ1n) is 9.29. The SMILES string of the molecule is CC(C)CCn1c(SCc2cc(=O)n3[nH]c(N)nc3n2)nc2ccccc2c1=O. The predicted molar refractivity (Wildman–Crippen MR) is 113 cm³/mol. The van der Waals surface area contributed by atoms with Gasteiger partial charge in [0.1, 0.15) is 0 Å². The number of H-pyrrole nitrogens is 1. The van der Waals surface area contributed by atoms with Crippen molar-refractivity contribution < 1.29 is 0 Å². The molecule has 1 aromatic carbocycles. The van der Waals surface area contributed by atoms with Gasteiger partial charge in [0.2, 0.25) is 5.95 Å². The Balaban J connectivity index is 1.70. The third-order valence-electron chi connectivity index (χ3n) is 4.51. The van der Waals surface area contributed by atoms with Crippen LogP contribution in [0.2, 0.25) is 0 Å². The minimum Gasteiger partial charge on any atom is -0.368 e. The molecule has 0 amide bonds. The Kier molecular flexibility index (Phi) is 5.10. The molecule has 0 spiro atoms. The molecular formula is C19H21N7O2S. The smallest absolute Gasteiger partial charge is 0.274 e. The van der Waals surface area contributed by atoms with Crippen molar-refractivity contribution >= 4 is 34.4 Å². The summed E-state index contributed by atoms with van der Waals surface area (Å²) in [5, 5.41) is 3.85. The van der Waals surface area contributed by atoms with Gasteiger partial charge >= 0.3 is 0 Å². The lowest BCUT2D eigenvalue weighted by molar-refractivity contribution is 0.481. The highest BCUT2D eigenvalue weighted by molar-refractivity contribution is 7.98. The van der Waals surface area contributed by atoms with E-state index < -0.39 is 0 Å². The number of para-hydroxylation sites is 1. The average Bonchev–Trinajstić information content (AvgIpc) is 3.06. The number of nitrogens with one attached hydrogen (secondary N) is 1. The minimum atomic E-state index is -0.293. The molecule has 150 valence electrons. The van der Waals surface area contributed by atoms with Gasteiger partial charge < -0.3 is 5.73 Å². The molecule has 4 rings (SSSR count). The van der Waals surface area contributed by atoms with E-state index in [9.17, 15) is 9.59 Å². The number of fused-ring (bicyclic) bond motifs is 2. The first kappa shape index (κ1) is 19.2. The Labute approximate surface area is 170 Å². The Morgan fingerprint density at radius 1 is 1.17 bits per heavy atom. The molecule has 3 heterocycles. The number of thioether (sulfide) groups is 1. The van der Waals surface area contributed by atoms with Crippen molar-refractivity contribution in [3.8, 4) is 0 Å². The summed E-state index contributed by atoms with van der Waals surface area (Å²) >= 11 is 1.38. The number of rotatable bonds is 6. The fraction of sp³-hybridized carbons (Fsp3) is 0.316. The summed E-state index contributed by atoms with van der Waals surface area (Å²) in [7, 11) is 0. The van der Waals surface area contributed by atoms with Crippen molar-refractivity contribution in [2.24, 2.45) is 5.92 Å². The molecule has 10 heteroatoms. The molecule has 0 aliphatic heterocycles. The van der Waals surface area contributed by atoms with E-state index in [4.69, 9.17) is 10.7 Å². The Morgan fingerprint density at radius 2 is 1.97 bits per heavy atom. The molecule has 4 aromatic rings. The molecule has 0 atom stereocenters. The maximum Gasteiger partial charge on any atom is 0.274 e. The van der Waals surface area contributed by atoms with E-state index in [2.05, 4.69) is 28.9 Å². The lowest BCUT2D eigenvalue weighted by Crippen LogP contribution is -2.24. The van der Waals surface area contributed by atoms with Crippen LogP contribution in [0.3, 0.4) is 0 Å². The van der Waals surface area contributed by atoms with Gasteiger partial charge in [0, 0.05) is 18.4 Å². The lowest BCUT2D eigenvalue weighted by atomic mass is 10.1. The van der Waals surface area contributed by atoms with Gasteiger partial charge in [-0.25, -0.2) is 9.97 Å². The highest BCUT2D eigenvalue weighted by Gasteiger charge is 2.13. The van der Waals surface area contributed by atoms with Crippen LogP contribution in [0.1, 0.15) is 26.0 Å². The molecular weight excluding hydrogens is 390 g/mol. The highest BCUT2D eigenvalue weighted by atomic mass is 32.2. The van der Waals surface area contributed by atoms with Gasteiger partial charge in [0.05, 0.1) is 16.6 Å². The van der Waals surface area contributed by atoms with Crippen LogP contribution in [0, 0.1) is 5.92 Å². The fourth-order valence-electron chi connectivity index (χ4n) is 3.00. The maximum absolute atomic E-state index is 13.0. The van der Waals surface area contributed by atoms with E-state index in [1.54, 1.807) is 10.6 Å². The summed E-state index contributed by atoms with van der Waals surface area (Å²) in [6.45, 7) is 4.82. The number of nitrogens with two attached hydrogens (primary N) is 1. The summed E-state index contributed by atoms with van der Waals surface area (Å²) in [6.07, 6.45) is 0.867. The second-order valence-corrected chi connectivity index (χ2v) is 8.11. The number of aromatic nitrogens is 6. The summed E-state index contributed by atoms with van der Waals surface area (Å²) < 4.78 is 2.90. The van der Waals surface area contributed by atoms with Crippen molar-refractivity contribution in [3.05, 3.63) is 56.7 Å². The second kappa shape index (κ2) is 7.70. The molecule has 3 N–H and O–H groups in total. The van der Waals surface area contributed by atoms with Gasteiger partial charge in [-0.05, 0) is 24.5 Å². The first-order chi connectivity index (χ1) is 13.9. The quantitative estimate of drug-likeness (QED) is 0.367. The van der Waals surface area contributed by atoms with E-state index in [0.717, 1.165) is 6.42 Å². The molecule has 0 fully saturated rings. The first-order valence-corrected chi connectivity index (χ1v) is 10.3. The average molecular weight is 411 g/mol. The summed E-state index contributed by atoms with van der Waals surface area (Å²) in [5.74, 6) is 1.18. The van der Waals surface area contributed by atoms with Crippen LogP contribution in [0.4, 0.5) is 5.95 Å². The van der Waals surface area contributed by atoms with Crippen LogP contribution in [0.15, 0.2) is 45.1 Å². The van der Waals surface area contributed by atoms with Crippen molar-refractivity contribution in [3.63, 3.8) is 0 Å². The minimum absolute atomic E-state index is 0.0534. The van der Waals surface area contributed by atoms with Crippen LogP contribution in [-0.4, -0.2) is 29.1 Å². The summed E-state index contributed by atoms with van der Waals surface area (Å²) in [6, 6.07) is 8.75. The summed E-state index contributed by atoms with van der Waals surface area (Å²) in [4.78, 5) is 38.3. The largest absolute Gasteiger partial charge is 0.368 e. The third kappa shape index (κ3) is 3.88. The zero-order valence-corrected chi connectivity index (χ0v) is 16.9. The van der Waals surface area contributed by atoms with E-state index >= 15 is 0 Å². The van der Waals surface area contributed by atoms with Gasteiger partial charge in [-0.1, -0.05) is 37.7 Å². The van der Waals surface area contributed by atoms with Gasteiger partial charge in [0.15, 0.2) is 5.16 Å². The zero-order valence-electron chi connectivity index (χ0n) is 16.1. The Bertz CT molecular complexity index is 1310. The van der Waals surface area contributed by atoms with Crippen molar-refractivity contribution in [2.45, 2.75) is 37.7 Å². The summed E-state index contributed by atoms with van der Waals surface area (Å²) in [5.41, 5.74) is 6.46. The molecule has 0 saturated heterocycles. The molecule has 0 aliphatic carbocycles. The van der Waals surface area contributed by atoms with Crippen molar-refractivity contribution in [1.82, 2.24) is 29.1 Å². The fourth-order valence-corrected chi connectivity index (χ4v) is 3.92. The zero-order chi connectivity index (χ0) is 20.5. The third-order valence-corrected chi connectivity index (χ3v) is 5.52. The van der Waals surface area contributed by atoms with Crippen LogP contribution >= 0.6 is 11.8 Å². The normalized spacial score (nSPS) is 11.7. The topological polar surface area (TPSA) is 124 Å². The predicted octanol–water partition coefficient (Wildman–Crippen LogP) is 2.05. The molecule has 29 heavy (non-hydrogen) atoms. The van der Waals surface area contributed by atoms with Gasteiger partial charge in [-0.15, -0.1) is 0 Å². The molecule has 0 aliphatic rings. The monoisotopic (exact) mass is 411 g/mol. The second-order valence-electron chi connectivity index (χ2n) is 7.17.